The van der Waals surface area contributed by atoms with Crippen molar-refractivity contribution in [3.8, 4) is 5.75 Å². The van der Waals surface area contributed by atoms with Gasteiger partial charge in [-0.15, -0.1) is 0 Å². The third-order valence-electron chi connectivity index (χ3n) is 3.38. The lowest BCUT2D eigenvalue weighted by atomic mass is 10.1. The molecule has 4 nitrogen and oxygen atoms in total. The first-order valence-electron chi connectivity index (χ1n) is 6.88. The standard InChI is InChI=1S/C15H23NO3/c1-12-3-4-15(14(11-12)13(2)17)19-10-7-16-5-8-18-9-6-16/h3-4,11,13,17H,5-10H2,1-2H3/t13-/m0/s1. The molecule has 1 aromatic rings. The smallest absolute Gasteiger partial charge is 0.125 e. The summed E-state index contributed by atoms with van der Waals surface area (Å²) in [6, 6.07) is 5.93. The van der Waals surface area contributed by atoms with Gasteiger partial charge in [-0.1, -0.05) is 11.6 Å². The van der Waals surface area contributed by atoms with E-state index in [1.807, 2.05) is 25.1 Å². The molecule has 1 aliphatic heterocycles. The maximum atomic E-state index is 9.77. The van der Waals surface area contributed by atoms with Crippen LogP contribution >= 0.6 is 0 Å². The molecule has 4 heteroatoms. The van der Waals surface area contributed by atoms with Crippen LogP contribution in [0.2, 0.25) is 0 Å². The summed E-state index contributed by atoms with van der Waals surface area (Å²) in [5, 5.41) is 9.77. The Morgan fingerprint density at radius 3 is 2.79 bits per heavy atom. The highest BCUT2D eigenvalue weighted by atomic mass is 16.5. The van der Waals surface area contributed by atoms with E-state index in [9.17, 15) is 5.11 Å². The minimum Gasteiger partial charge on any atom is -0.492 e. The van der Waals surface area contributed by atoms with Crippen LogP contribution in [0.4, 0.5) is 0 Å². The number of aryl methyl sites for hydroxylation is 1. The third-order valence-corrected chi connectivity index (χ3v) is 3.38. The van der Waals surface area contributed by atoms with Crippen molar-refractivity contribution in [1.29, 1.82) is 0 Å². The van der Waals surface area contributed by atoms with Crippen LogP contribution in [-0.2, 0) is 4.74 Å². The Kier molecular flexibility index (Phi) is 5.19. The van der Waals surface area contributed by atoms with Crippen LogP contribution in [0.3, 0.4) is 0 Å². The number of hydrogen-bond donors (Lipinski definition) is 1. The summed E-state index contributed by atoms with van der Waals surface area (Å²) in [7, 11) is 0. The molecule has 0 aromatic heterocycles. The van der Waals surface area contributed by atoms with Gasteiger partial charge in [0.15, 0.2) is 0 Å². The van der Waals surface area contributed by atoms with E-state index in [4.69, 9.17) is 9.47 Å². The molecule has 19 heavy (non-hydrogen) atoms. The first-order chi connectivity index (χ1) is 9.16. The zero-order valence-electron chi connectivity index (χ0n) is 11.8. The van der Waals surface area contributed by atoms with Gasteiger partial charge in [-0.2, -0.15) is 0 Å². The lowest BCUT2D eigenvalue weighted by Crippen LogP contribution is -2.38. The Labute approximate surface area is 114 Å². The predicted octanol–water partition coefficient (Wildman–Crippen LogP) is 1.76. The monoisotopic (exact) mass is 265 g/mol. The van der Waals surface area contributed by atoms with Crippen LogP contribution in [0.5, 0.6) is 5.75 Å². The predicted molar refractivity (Wildman–Crippen MR) is 74.6 cm³/mol. The summed E-state index contributed by atoms with van der Waals surface area (Å²) in [6.07, 6.45) is -0.502. The van der Waals surface area contributed by atoms with Crippen LogP contribution in [0, 0.1) is 6.92 Å². The average Bonchev–Trinajstić information content (AvgIpc) is 2.41. The van der Waals surface area contributed by atoms with Gasteiger partial charge in [0.2, 0.25) is 0 Å². The summed E-state index contributed by atoms with van der Waals surface area (Å²) in [4.78, 5) is 2.33. The molecular formula is C15H23NO3. The Bertz CT molecular complexity index is 400. The number of aliphatic hydroxyl groups is 1. The van der Waals surface area contributed by atoms with Crippen molar-refractivity contribution in [2.45, 2.75) is 20.0 Å². The van der Waals surface area contributed by atoms with Crippen molar-refractivity contribution in [2.24, 2.45) is 0 Å². The number of rotatable bonds is 5. The molecule has 0 spiro atoms. The van der Waals surface area contributed by atoms with Crippen molar-refractivity contribution in [3.05, 3.63) is 29.3 Å². The van der Waals surface area contributed by atoms with Gasteiger partial charge in [0, 0.05) is 25.2 Å². The number of benzene rings is 1. The van der Waals surface area contributed by atoms with Crippen LogP contribution in [0.1, 0.15) is 24.2 Å². The second kappa shape index (κ2) is 6.89. The number of ether oxygens (including phenoxy) is 2. The van der Waals surface area contributed by atoms with Gasteiger partial charge in [-0.3, -0.25) is 4.90 Å². The van der Waals surface area contributed by atoms with Crippen molar-refractivity contribution in [2.75, 3.05) is 39.5 Å². The first-order valence-corrected chi connectivity index (χ1v) is 6.88. The average molecular weight is 265 g/mol. The van der Waals surface area contributed by atoms with Crippen molar-refractivity contribution in [3.63, 3.8) is 0 Å². The lowest BCUT2D eigenvalue weighted by molar-refractivity contribution is 0.0320. The van der Waals surface area contributed by atoms with Crippen LogP contribution in [0.25, 0.3) is 0 Å². The van der Waals surface area contributed by atoms with Gasteiger partial charge in [-0.25, -0.2) is 0 Å². The largest absolute Gasteiger partial charge is 0.492 e. The summed E-state index contributed by atoms with van der Waals surface area (Å²) >= 11 is 0. The molecule has 1 atom stereocenters. The zero-order chi connectivity index (χ0) is 13.7. The lowest BCUT2D eigenvalue weighted by Gasteiger charge is -2.26. The molecule has 1 heterocycles. The van der Waals surface area contributed by atoms with Crippen LogP contribution in [-0.4, -0.2) is 49.5 Å². The maximum absolute atomic E-state index is 9.77. The molecule has 1 aromatic carbocycles. The molecule has 0 unspecified atom stereocenters. The minimum absolute atomic E-state index is 0.502. The van der Waals surface area contributed by atoms with Gasteiger partial charge >= 0.3 is 0 Å². The van der Waals surface area contributed by atoms with Gasteiger partial charge in [0.05, 0.1) is 19.3 Å². The Hall–Kier alpha value is -1.10. The molecule has 1 saturated heterocycles. The highest BCUT2D eigenvalue weighted by Gasteiger charge is 2.12. The molecule has 0 aliphatic carbocycles. The normalized spacial score (nSPS) is 18.3. The van der Waals surface area contributed by atoms with Crippen LogP contribution in [0.15, 0.2) is 18.2 Å². The number of nitrogens with zero attached hydrogens (tertiary/aromatic N) is 1. The van der Waals surface area contributed by atoms with Crippen molar-refractivity contribution < 1.29 is 14.6 Å². The Morgan fingerprint density at radius 2 is 2.11 bits per heavy atom. The van der Waals surface area contributed by atoms with E-state index in [-0.39, 0.29) is 0 Å². The highest BCUT2D eigenvalue weighted by Crippen LogP contribution is 2.26. The second-order valence-corrected chi connectivity index (χ2v) is 5.02. The molecular weight excluding hydrogens is 242 g/mol. The fourth-order valence-electron chi connectivity index (χ4n) is 2.24. The molecule has 1 fully saturated rings. The zero-order valence-corrected chi connectivity index (χ0v) is 11.8. The SMILES string of the molecule is Cc1ccc(OCCN2CCOCC2)c([C@H](C)O)c1. The van der Waals surface area contributed by atoms with Gasteiger partial charge in [0.1, 0.15) is 12.4 Å². The van der Waals surface area contributed by atoms with Gasteiger partial charge in [-0.05, 0) is 26.0 Å². The number of hydrogen-bond acceptors (Lipinski definition) is 4. The summed E-state index contributed by atoms with van der Waals surface area (Å²) in [5.74, 6) is 0.786. The molecule has 0 bridgehead atoms. The summed E-state index contributed by atoms with van der Waals surface area (Å²) in [5.41, 5.74) is 2.00. The summed E-state index contributed by atoms with van der Waals surface area (Å²) in [6.45, 7) is 8.89. The number of morpholine rings is 1. The third kappa shape index (κ3) is 4.20. The molecule has 106 valence electrons. The quantitative estimate of drug-likeness (QED) is 0.881. The van der Waals surface area contributed by atoms with E-state index in [1.54, 1.807) is 6.92 Å². The van der Waals surface area contributed by atoms with E-state index in [2.05, 4.69) is 4.90 Å². The van der Waals surface area contributed by atoms with E-state index >= 15 is 0 Å². The molecule has 1 aliphatic rings. The van der Waals surface area contributed by atoms with Crippen molar-refractivity contribution >= 4 is 0 Å². The topological polar surface area (TPSA) is 41.9 Å². The van der Waals surface area contributed by atoms with E-state index in [1.165, 1.54) is 0 Å². The number of aliphatic hydroxyl groups excluding tert-OH is 1. The molecule has 1 N–H and O–H groups in total. The second-order valence-electron chi connectivity index (χ2n) is 5.02. The summed E-state index contributed by atoms with van der Waals surface area (Å²) < 4.78 is 11.1. The molecule has 0 amide bonds. The fourth-order valence-corrected chi connectivity index (χ4v) is 2.24. The Balaban J connectivity index is 1.88. The highest BCUT2D eigenvalue weighted by molar-refractivity contribution is 5.38. The van der Waals surface area contributed by atoms with Crippen LogP contribution < -0.4 is 4.74 Å². The van der Waals surface area contributed by atoms with E-state index in [0.717, 1.165) is 49.7 Å². The minimum atomic E-state index is -0.502. The fraction of sp³-hybridized carbons (Fsp3) is 0.600. The maximum Gasteiger partial charge on any atom is 0.125 e. The van der Waals surface area contributed by atoms with Gasteiger partial charge in [0.25, 0.3) is 0 Å². The van der Waals surface area contributed by atoms with Gasteiger partial charge < -0.3 is 14.6 Å². The molecule has 0 saturated carbocycles. The first kappa shape index (κ1) is 14.3. The van der Waals surface area contributed by atoms with Crippen molar-refractivity contribution in [1.82, 2.24) is 4.90 Å². The molecule has 0 radical (unpaired) electrons. The van der Waals surface area contributed by atoms with E-state index in [0.29, 0.717) is 6.61 Å². The Morgan fingerprint density at radius 1 is 1.37 bits per heavy atom. The van der Waals surface area contributed by atoms with E-state index < -0.39 is 6.10 Å². The molecule has 2 rings (SSSR count).